The Morgan fingerprint density at radius 3 is 2.91 bits per heavy atom. The number of carbonyl (C=O) groups excluding carboxylic acids is 1. The topological polar surface area (TPSA) is 51.0 Å². The third-order valence-corrected chi connectivity index (χ3v) is 5.60. The van der Waals surface area contributed by atoms with E-state index in [1.54, 1.807) is 17.5 Å². The van der Waals surface area contributed by atoms with E-state index in [0.717, 1.165) is 35.8 Å². The van der Waals surface area contributed by atoms with Crippen LogP contribution in [0.25, 0.3) is 0 Å². The second-order valence-corrected chi connectivity index (χ2v) is 7.44. The Kier molecular flexibility index (Phi) is 3.48. The van der Waals surface area contributed by atoms with Crippen LogP contribution in [0.5, 0.6) is 0 Å². The smallest absolute Gasteiger partial charge is 0.265 e. The number of piperidine rings is 1. The number of likely N-dealkylation sites (tertiary alicyclic amines) is 1. The molecule has 0 radical (unpaired) electrons. The fourth-order valence-corrected chi connectivity index (χ4v) is 4.10. The zero-order chi connectivity index (χ0) is 15.1. The van der Waals surface area contributed by atoms with Gasteiger partial charge in [-0.2, -0.15) is 5.10 Å². The molecule has 0 N–H and O–H groups in total. The minimum atomic E-state index is 0.137. The maximum absolute atomic E-state index is 12.7. The molecule has 1 atom stereocenters. The highest BCUT2D eigenvalue weighted by atomic mass is 32.1. The summed E-state index contributed by atoms with van der Waals surface area (Å²) in [7, 11) is 0. The van der Waals surface area contributed by atoms with Crippen LogP contribution in [0.2, 0.25) is 0 Å². The van der Waals surface area contributed by atoms with Gasteiger partial charge in [0, 0.05) is 25.2 Å². The van der Waals surface area contributed by atoms with Crippen LogP contribution in [0.15, 0.2) is 18.6 Å². The highest BCUT2D eigenvalue weighted by Gasteiger charge is 2.30. The zero-order valence-corrected chi connectivity index (χ0v) is 13.6. The van der Waals surface area contributed by atoms with Crippen LogP contribution >= 0.6 is 11.3 Å². The number of carbonyl (C=O) groups is 1. The van der Waals surface area contributed by atoms with Crippen molar-refractivity contribution >= 4 is 17.2 Å². The SMILES string of the molecule is Cc1cnn([C@H]2CCCN(C(=O)c3cnc(C4CC4)s3)C2)c1. The van der Waals surface area contributed by atoms with E-state index in [1.807, 2.05) is 22.7 Å². The highest BCUT2D eigenvalue weighted by molar-refractivity contribution is 7.13. The van der Waals surface area contributed by atoms with Crippen molar-refractivity contribution in [2.45, 2.75) is 44.6 Å². The molecular formula is C16H20N4OS. The second-order valence-electron chi connectivity index (χ2n) is 6.38. The lowest BCUT2D eigenvalue weighted by molar-refractivity contribution is 0.0677. The number of hydrogen-bond acceptors (Lipinski definition) is 4. The van der Waals surface area contributed by atoms with Gasteiger partial charge in [-0.25, -0.2) is 4.98 Å². The molecule has 0 bridgehead atoms. The highest BCUT2D eigenvalue weighted by Crippen LogP contribution is 2.42. The molecule has 2 fully saturated rings. The van der Waals surface area contributed by atoms with E-state index in [0.29, 0.717) is 12.0 Å². The van der Waals surface area contributed by atoms with Crippen molar-refractivity contribution in [3.05, 3.63) is 34.0 Å². The third-order valence-electron chi connectivity index (χ3n) is 4.45. The monoisotopic (exact) mass is 316 g/mol. The van der Waals surface area contributed by atoms with Gasteiger partial charge in [0.15, 0.2) is 0 Å². The van der Waals surface area contributed by atoms with E-state index in [2.05, 4.69) is 16.3 Å². The summed E-state index contributed by atoms with van der Waals surface area (Å²) < 4.78 is 2.01. The van der Waals surface area contributed by atoms with E-state index in [-0.39, 0.29) is 5.91 Å². The molecule has 4 rings (SSSR count). The van der Waals surface area contributed by atoms with Crippen molar-refractivity contribution < 1.29 is 4.79 Å². The first-order valence-electron chi connectivity index (χ1n) is 7.96. The van der Waals surface area contributed by atoms with Gasteiger partial charge < -0.3 is 4.90 Å². The molecule has 1 saturated heterocycles. The molecule has 116 valence electrons. The molecule has 5 nitrogen and oxygen atoms in total. The van der Waals surface area contributed by atoms with Crippen LogP contribution in [0, 0.1) is 6.92 Å². The molecule has 1 aliphatic carbocycles. The normalized spacial score (nSPS) is 22.0. The average molecular weight is 316 g/mol. The molecule has 1 amide bonds. The summed E-state index contributed by atoms with van der Waals surface area (Å²) in [6, 6.07) is 0.294. The van der Waals surface area contributed by atoms with Crippen molar-refractivity contribution in [1.29, 1.82) is 0 Å². The molecule has 6 heteroatoms. The number of rotatable bonds is 3. The lowest BCUT2D eigenvalue weighted by Gasteiger charge is -2.32. The summed E-state index contributed by atoms with van der Waals surface area (Å²) in [5.74, 6) is 0.755. The molecule has 0 unspecified atom stereocenters. The maximum atomic E-state index is 12.7. The van der Waals surface area contributed by atoms with Crippen molar-refractivity contribution in [3.8, 4) is 0 Å². The first-order chi connectivity index (χ1) is 10.7. The lowest BCUT2D eigenvalue weighted by Crippen LogP contribution is -2.40. The molecule has 1 aliphatic heterocycles. The maximum Gasteiger partial charge on any atom is 0.265 e. The Morgan fingerprint density at radius 2 is 2.18 bits per heavy atom. The van der Waals surface area contributed by atoms with Gasteiger partial charge in [-0.15, -0.1) is 11.3 Å². The van der Waals surface area contributed by atoms with Crippen molar-refractivity contribution in [3.63, 3.8) is 0 Å². The molecule has 3 heterocycles. The molecule has 2 aromatic heterocycles. The minimum absolute atomic E-state index is 0.137. The minimum Gasteiger partial charge on any atom is -0.336 e. The van der Waals surface area contributed by atoms with Crippen LogP contribution in [-0.4, -0.2) is 38.7 Å². The predicted octanol–water partition coefficient (Wildman–Crippen LogP) is 3.00. The third kappa shape index (κ3) is 2.67. The number of amides is 1. The largest absolute Gasteiger partial charge is 0.336 e. The average Bonchev–Trinajstić information content (AvgIpc) is 3.10. The van der Waals surface area contributed by atoms with Crippen molar-refractivity contribution in [1.82, 2.24) is 19.7 Å². The number of aryl methyl sites for hydroxylation is 1. The van der Waals surface area contributed by atoms with Crippen LogP contribution in [0.1, 0.15) is 57.9 Å². The van der Waals surface area contributed by atoms with E-state index >= 15 is 0 Å². The van der Waals surface area contributed by atoms with E-state index in [4.69, 9.17) is 0 Å². The second kappa shape index (κ2) is 5.50. The Labute approximate surface area is 134 Å². The standard InChI is InChI=1S/C16H20N4OS/c1-11-7-18-20(9-11)13-3-2-6-19(10-13)16(21)14-8-17-15(22-14)12-4-5-12/h7-9,12-13H,2-6,10H2,1H3/t13-/m0/s1. The van der Waals surface area contributed by atoms with Gasteiger partial charge in [0.2, 0.25) is 0 Å². The molecular weight excluding hydrogens is 296 g/mol. The predicted molar refractivity (Wildman–Crippen MR) is 85.2 cm³/mol. The number of nitrogens with zero attached hydrogens (tertiary/aromatic N) is 4. The molecule has 2 aromatic rings. The van der Waals surface area contributed by atoms with Crippen molar-refractivity contribution in [2.24, 2.45) is 0 Å². The van der Waals surface area contributed by atoms with Gasteiger partial charge in [0.25, 0.3) is 5.91 Å². The number of aromatic nitrogens is 3. The van der Waals surface area contributed by atoms with Crippen LogP contribution in [0.3, 0.4) is 0 Å². The van der Waals surface area contributed by atoms with Crippen LogP contribution in [-0.2, 0) is 0 Å². The van der Waals surface area contributed by atoms with E-state index in [9.17, 15) is 4.79 Å². The summed E-state index contributed by atoms with van der Waals surface area (Å²) in [4.78, 5) is 19.9. The van der Waals surface area contributed by atoms with Gasteiger partial charge >= 0.3 is 0 Å². The Balaban J connectivity index is 1.47. The summed E-state index contributed by atoms with van der Waals surface area (Å²) in [6.45, 7) is 3.63. The Morgan fingerprint density at radius 1 is 1.32 bits per heavy atom. The first kappa shape index (κ1) is 13.9. The summed E-state index contributed by atoms with van der Waals surface area (Å²) in [6.07, 6.45) is 10.3. The summed E-state index contributed by atoms with van der Waals surface area (Å²) >= 11 is 1.58. The van der Waals surface area contributed by atoms with Crippen LogP contribution < -0.4 is 0 Å². The van der Waals surface area contributed by atoms with Crippen molar-refractivity contribution in [2.75, 3.05) is 13.1 Å². The van der Waals surface area contributed by atoms with Crippen LogP contribution in [0.4, 0.5) is 0 Å². The summed E-state index contributed by atoms with van der Waals surface area (Å²) in [5.41, 5.74) is 1.17. The first-order valence-corrected chi connectivity index (χ1v) is 8.78. The zero-order valence-electron chi connectivity index (χ0n) is 12.7. The van der Waals surface area contributed by atoms with E-state index < -0.39 is 0 Å². The fourth-order valence-electron chi connectivity index (χ4n) is 3.05. The van der Waals surface area contributed by atoms with E-state index in [1.165, 1.54) is 18.4 Å². The quantitative estimate of drug-likeness (QED) is 0.874. The lowest BCUT2D eigenvalue weighted by atomic mass is 10.1. The molecule has 2 aliphatic rings. The van der Waals surface area contributed by atoms with Gasteiger partial charge in [-0.3, -0.25) is 9.48 Å². The van der Waals surface area contributed by atoms with Gasteiger partial charge in [0.1, 0.15) is 4.88 Å². The molecule has 1 saturated carbocycles. The molecule has 22 heavy (non-hydrogen) atoms. The summed E-state index contributed by atoms with van der Waals surface area (Å²) in [5, 5.41) is 5.55. The van der Waals surface area contributed by atoms with Gasteiger partial charge in [0.05, 0.1) is 23.4 Å². The number of hydrogen-bond donors (Lipinski definition) is 0. The molecule has 0 spiro atoms. The van der Waals surface area contributed by atoms with Gasteiger partial charge in [-0.05, 0) is 38.2 Å². The molecule has 0 aromatic carbocycles. The number of thiazole rings is 1. The Bertz CT molecular complexity index is 688. The Hall–Kier alpha value is -1.69. The fraction of sp³-hybridized carbons (Fsp3) is 0.562. The van der Waals surface area contributed by atoms with Gasteiger partial charge in [-0.1, -0.05) is 0 Å².